The van der Waals surface area contributed by atoms with Crippen LogP contribution < -0.4 is 4.74 Å². The van der Waals surface area contributed by atoms with Gasteiger partial charge in [-0.05, 0) is 43.4 Å². The summed E-state index contributed by atoms with van der Waals surface area (Å²) in [6.07, 6.45) is 3.97. The Morgan fingerprint density at radius 1 is 1.09 bits per heavy atom. The number of allylic oxidation sites excluding steroid dienone is 2. The summed E-state index contributed by atoms with van der Waals surface area (Å²) in [5, 5.41) is 0. The standard InChI is InChI=1S/C21H22O2/c1-15-11-12-19(20(13-15)16-7-4-3-5-8-16)21(22)17-9-6-10-18(14-17)23-2/h3-11,14,19-20H,12-13H2,1-2H3/t19-,20+/m1/s1. The lowest BCUT2D eigenvalue weighted by atomic mass is 9.73. The minimum atomic E-state index is -0.00629. The summed E-state index contributed by atoms with van der Waals surface area (Å²) in [5.41, 5.74) is 3.36. The zero-order valence-corrected chi connectivity index (χ0v) is 13.7. The number of carbonyl (C=O) groups excluding carboxylic acids is 1. The van der Waals surface area contributed by atoms with Crippen molar-refractivity contribution in [2.45, 2.75) is 25.7 Å². The zero-order chi connectivity index (χ0) is 16.2. The minimum Gasteiger partial charge on any atom is -0.497 e. The summed E-state index contributed by atoms with van der Waals surface area (Å²) in [4.78, 5) is 13.1. The summed E-state index contributed by atoms with van der Waals surface area (Å²) < 4.78 is 5.26. The monoisotopic (exact) mass is 306 g/mol. The van der Waals surface area contributed by atoms with E-state index in [2.05, 4.69) is 37.3 Å². The molecule has 0 aromatic heterocycles. The molecule has 0 bridgehead atoms. The molecule has 0 saturated carbocycles. The highest BCUT2D eigenvalue weighted by Crippen LogP contribution is 2.39. The molecule has 1 aliphatic rings. The zero-order valence-electron chi connectivity index (χ0n) is 13.7. The van der Waals surface area contributed by atoms with E-state index in [-0.39, 0.29) is 17.6 Å². The molecule has 0 spiro atoms. The van der Waals surface area contributed by atoms with Gasteiger partial charge in [0, 0.05) is 11.5 Å². The van der Waals surface area contributed by atoms with E-state index < -0.39 is 0 Å². The molecule has 23 heavy (non-hydrogen) atoms. The molecule has 0 N–H and O–H groups in total. The molecule has 2 aromatic carbocycles. The van der Waals surface area contributed by atoms with Crippen LogP contribution in [0.2, 0.25) is 0 Å². The van der Waals surface area contributed by atoms with Gasteiger partial charge in [-0.15, -0.1) is 0 Å². The van der Waals surface area contributed by atoms with Crippen molar-refractivity contribution < 1.29 is 9.53 Å². The first-order valence-electron chi connectivity index (χ1n) is 8.08. The Labute approximate surface area is 137 Å². The van der Waals surface area contributed by atoms with E-state index in [1.165, 1.54) is 11.1 Å². The highest BCUT2D eigenvalue weighted by atomic mass is 16.5. The van der Waals surface area contributed by atoms with Gasteiger partial charge in [0.1, 0.15) is 5.75 Å². The third-order valence-electron chi connectivity index (χ3n) is 4.67. The van der Waals surface area contributed by atoms with E-state index in [1.54, 1.807) is 7.11 Å². The number of methoxy groups -OCH3 is 1. The fourth-order valence-electron chi connectivity index (χ4n) is 3.40. The van der Waals surface area contributed by atoms with Gasteiger partial charge in [0.25, 0.3) is 0 Å². The van der Waals surface area contributed by atoms with Crippen LogP contribution in [0, 0.1) is 5.92 Å². The Kier molecular flexibility index (Phi) is 4.61. The van der Waals surface area contributed by atoms with Crippen molar-refractivity contribution in [3.05, 3.63) is 77.4 Å². The predicted molar refractivity (Wildman–Crippen MR) is 93.0 cm³/mol. The summed E-state index contributed by atoms with van der Waals surface area (Å²) in [5.74, 6) is 1.18. The molecular weight excluding hydrogens is 284 g/mol. The molecule has 0 fully saturated rings. The average molecular weight is 306 g/mol. The van der Waals surface area contributed by atoms with Crippen molar-refractivity contribution in [1.29, 1.82) is 0 Å². The first kappa shape index (κ1) is 15.5. The van der Waals surface area contributed by atoms with Gasteiger partial charge in [0.05, 0.1) is 7.11 Å². The van der Waals surface area contributed by atoms with Gasteiger partial charge in [-0.1, -0.05) is 54.1 Å². The fourth-order valence-corrected chi connectivity index (χ4v) is 3.40. The molecule has 0 radical (unpaired) electrons. The van der Waals surface area contributed by atoms with E-state index in [0.29, 0.717) is 0 Å². The topological polar surface area (TPSA) is 26.3 Å². The van der Waals surface area contributed by atoms with E-state index >= 15 is 0 Å². The average Bonchev–Trinajstić information content (AvgIpc) is 2.62. The molecule has 0 aliphatic heterocycles. The first-order chi connectivity index (χ1) is 11.2. The van der Waals surface area contributed by atoms with E-state index in [1.807, 2.05) is 30.3 Å². The van der Waals surface area contributed by atoms with Gasteiger partial charge in [-0.25, -0.2) is 0 Å². The molecule has 1 aliphatic carbocycles. The van der Waals surface area contributed by atoms with E-state index in [0.717, 1.165) is 24.2 Å². The van der Waals surface area contributed by atoms with Crippen molar-refractivity contribution >= 4 is 5.78 Å². The van der Waals surface area contributed by atoms with Crippen LogP contribution in [0.3, 0.4) is 0 Å². The van der Waals surface area contributed by atoms with Gasteiger partial charge in [0.15, 0.2) is 5.78 Å². The molecule has 2 aromatic rings. The molecule has 0 heterocycles. The number of ketones is 1. The predicted octanol–water partition coefficient (Wildman–Crippen LogP) is 5.02. The number of hydrogen-bond acceptors (Lipinski definition) is 2. The Morgan fingerprint density at radius 3 is 2.61 bits per heavy atom. The van der Waals surface area contributed by atoms with Crippen molar-refractivity contribution in [2.75, 3.05) is 7.11 Å². The molecular formula is C21H22O2. The second-order valence-corrected chi connectivity index (χ2v) is 6.21. The van der Waals surface area contributed by atoms with Gasteiger partial charge in [-0.2, -0.15) is 0 Å². The third-order valence-corrected chi connectivity index (χ3v) is 4.67. The van der Waals surface area contributed by atoms with Crippen LogP contribution in [-0.2, 0) is 0 Å². The Morgan fingerprint density at radius 2 is 1.87 bits per heavy atom. The largest absolute Gasteiger partial charge is 0.497 e. The number of rotatable bonds is 4. The molecule has 118 valence electrons. The van der Waals surface area contributed by atoms with E-state index in [4.69, 9.17) is 4.74 Å². The number of hydrogen-bond donors (Lipinski definition) is 0. The molecule has 2 heteroatoms. The van der Waals surface area contributed by atoms with Crippen molar-refractivity contribution in [3.8, 4) is 5.75 Å². The van der Waals surface area contributed by atoms with Crippen LogP contribution in [-0.4, -0.2) is 12.9 Å². The van der Waals surface area contributed by atoms with Crippen LogP contribution in [0.25, 0.3) is 0 Å². The van der Waals surface area contributed by atoms with Crippen molar-refractivity contribution in [2.24, 2.45) is 5.92 Å². The quantitative estimate of drug-likeness (QED) is 0.586. The van der Waals surface area contributed by atoms with Gasteiger partial charge < -0.3 is 4.74 Å². The maximum atomic E-state index is 13.1. The third kappa shape index (κ3) is 3.37. The first-order valence-corrected chi connectivity index (χ1v) is 8.08. The summed E-state index contributed by atoms with van der Waals surface area (Å²) in [6, 6.07) is 17.9. The van der Waals surface area contributed by atoms with Crippen molar-refractivity contribution in [3.63, 3.8) is 0 Å². The second kappa shape index (κ2) is 6.82. The van der Waals surface area contributed by atoms with Crippen molar-refractivity contribution in [1.82, 2.24) is 0 Å². The normalized spacial score (nSPS) is 20.7. The van der Waals surface area contributed by atoms with Crippen LogP contribution >= 0.6 is 0 Å². The fraction of sp³-hybridized carbons (Fsp3) is 0.286. The summed E-state index contributed by atoms with van der Waals surface area (Å²) >= 11 is 0. The molecule has 0 amide bonds. The SMILES string of the molecule is COc1cccc(C(=O)[C@@H]2CC=C(C)C[C@H]2c2ccccc2)c1. The molecule has 0 unspecified atom stereocenters. The van der Waals surface area contributed by atoms with Crippen LogP contribution in [0.5, 0.6) is 5.75 Å². The Balaban J connectivity index is 1.93. The molecule has 2 nitrogen and oxygen atoms in total. The highest BCUT2D eigenvalue weighted by Gasteiger charge is 2.32. The highest BCUT2D eigenvalue weighted by molar-refractivity contribution is 5.99. The van der Waals surface area contributed by atoms with Crippen LogP contribution in [0.4, 0.5) is 0 Å². The summed E-state index contributed by atoms with van der Waals surface area (Å²) in [6.45, 7) is 2.15. The molecule has 2 atom stereocenters. The van der Waals surface area contributed by atoms with Gasteiger partial charge in [0.2, 0.25) is 0 Å². The Hall–Kier alpha value is -2.35. The second-order valence-electron chi connectivity index (χ2n) is 6.21. The lowest BCUT2D eigenvalue weighted by Crippen LogP contribution is -2.25. The number of carbonyl (C=O) groups is 1. The minimum absolute atomic E-state index is 0.00629. The number of benzene rings is 2. The lowest BCUT2D eigenvalue weighted by molar-refractivity contribution is 0.0895. The lowest BCUT2D eigenvalue weighted by Gasteiger charge is -2.30. The molecule has 3 rings (SSSR count). The van der Waals surface area contributed by atoms with Crippen LogP contribution in [0.1, 0.15) is 41.6 Å². The van der Waals surface area contributed by atoms with Crippen LogP contribution in [0.15, 0.2) is 66.2 Å². The smallest absolute Gasteiger partial charge is 0.167 e. The summed E-state index contributed by atoms with van der Waals surface area (Å²) in [7, 11) is 1.63. The van der Waals surface area contributed by atoms with Gasteiger partial charge >= 0.3 is 0 Å². The van der Waals surface area contributed by atoms with Gasteiger partial charge in [-0.3, -0.25) is 4.79 Å². The molecule has 0 saturated heterocycles. The van der Waals surface area contributed by atoms with E-state index in [9.17, 15) is 4.79 Å². The maximum absolute atomic E-state index is 13.1. The maximum Gasteiger partial charge on any atom is 0.167 e. The number of Topliss-reactive ketones (excluding diaryl/α,β-unsaturated/α-hetero) is 1. The number of ether oxygens (including phenoxy) is 1. The Bertz CT molecular complexity index is 716.